The molecule has 0 fully saturated rings. The highest BCUT2D eigenvalue weighted by atomic mass is 35.5. The fourth-order valence-corrected chi connectivity index (χ4v) is 1.66. The molecule has 2 N–H and O–H groups in total. The van der Waals surface area contributed by atoms with Gasteiger partial charge in [0, 0.05) is 13.7 Å². The second-order valence-corrected chi connectivity index (χ2v) is 4.36. The van der Waals surface area contributed by atoms with Crippen molar-refractivity contribution in [2.24, 2.45) is 0 Å². The van der Waals surface area contributed by atoms with E-state index in [0.717, 1.165) is 0 Å². The largest absolute Gasteiger partial charge is 0.383 e. The number of nitriles is 1. The van der Waals surface area contributed by atoms with Crippen LogP contribution in [0.3, 0.4) is 0 Å². The van der Waals surface area contributed by atoms with Crippen molar-refractivity contribution in [2.75, 3.05) is 25.6 Å². The smallest absolute Gasteiger partial charge is 0.242 e. The highest BCUT2D eigenvalue weighted by molar-refractivity contribution is 6.33. The van der Waals surface area contributed by atoms with E-state index < -0.39 is 6.04 Å². The van der Waals surface area contributed by atoms with Crippen LogP contribution in [-0.2, 0) is 9.53 Å². The van der Waals surface area contributed by atoms with Crippen LogP contribution >= 0.6 is 11.6 Å². The molecule has 102 valence electrons. The van der Waals surface area contributed by atoms with Crippen molar-refractivity contribution in [1.82, 2.24) is 5.32 Å². The number of halogens is 1. The van der Waals surface area contributed by atoms with Crippen molar-refractivity contribution >= 4 is 23.2 Å². The number of carbonyl (C=O) groups excluding carboxylic acids is 1. The molecule has 1 aromatic rings. The first-order chi connectivity index (χ1) is 9.08. The predicted molar refractivity (Wildman–Crippen MR) is 74.1 cm³/mol. The minimum absolute atomic E-state index is 0.141. The maximum absolute atomic E-state index is 11.7. The summed E-state index contributed by atoms with van der Waals surface area (Å²) in [5.41, 5.74) is 1.10. The van der Waals surface area contributed by atoms with Gasteiger partial charge >= 0.3 is 0 Å². The molecule has 0 aliphatic carbocycles. The Hall–Kier alpha value is -1.77. The number of nitrogens with one attached hydrogen (secondary N) is 2. The first kappa shape index (κ1) is 15.3. The predicted octanol–water partition coefficient (Wildman–Crippen LogP) is 1.77. The summed E-state index contributed by atoms with van der Waals surface area (Å²) in [5.74, 6) is -0.141. The molecule has 0 bridgehead atoms. The molecule has 1 unspecified atom stereocenters. The van der Waals surface area contributed by atoms with Crippen LogP contribution in [0.2, 0.25) is 5.02 Å². The van der Waals surface area contributed by atoms with Crippen molar-refractivity contribution in [2.45, 2.75) is 13.0 Å². The third kappa shape index (κ3) is 4.78. The third-order valence-electron chi connectivity index (χ3n) is 2.47. The second-order valence-electron chi connectivity index (χ2n) is 3.96. The van der Waals surface area contributed by atoms with E-state index in [1.807, 2.05) is 6.07 Å². The SMILES string of the molecule is COCCNC(=O)C(C)Nc1ccc(C#N)cc1Cl. The summed E-state index contributed by atoms with van der Waals surface area (Å²) in [6.45, 7) is 2.66. The maximum atomic E-state index is 11.7. The number of amides is 1. The lowest BCUT2D eigenvalue weighted by Crippen LogP contribution is -2.39. The minimum atomic E-state index is -0.428. The van der Waals surface area contributed by atoms with Crippen LogP contribution < -0.4 is 10.6 Å². The van der Waals surface area contributed by atoms with Crippen LogP contribution in [0.1, 0.15) is 12.5 Å². The average Bonchev–Trinajstić information content (AvgIpc) is 2.41. The number of ether oxygens (including phenoxy) is 1. The molecule has 0 spiro atoms. The number of anilines is 1. The van der Waals surface area contributed by atoms with Crippen molar-refractivity contribution < 1.29 is 9.53 Å². The van der Waals surface area contributed by atoms with Gasteiger partial charge in [0.05, 0.1) is 28.9 Å². The lowest BCUT2D eigenvalue weighted by atomic mass is 10.2. The summed E-state index contributed by atoms with van der Waals surface area (Å²) < 4.78 is 4.85. The molecule has 1 atom stereocenters. The summed E-state index contributed by atoms with van der Waals surface area (Å²) in [6.07, 6.45) is 0. The molecule has 6 heteroatoms. The number of methoxy groups -OCH3 is 1. The van der Waals surface area contributed by atoms with E-state index in [0.29, 0.717) is 29.4 Å². The van der Waals surface area contributed by atoms with Crippen molar-refractivity contribution in [3.8, 4) is 6.07 Å². The lowest BCUT2D eigenvalue weighted by molar-refractivity contribution is -0.121. The number of hydrogen-bond donors (Lipinski definition) is 2. The van der Waals surface area contributed by atoms with Gasteiger partial charge in [-0.3, -0.25) is 4.79 Å². The molecule has 0 heterocycles. The first-order valence-electron chi connectivity index (χ1n) is 5.81. The van der Waals surface area contributed by atoms with Gasteiger partial charge in [-0.1, -0.05) is 11.6 Å². The van der Waals surface area contributed by atoms with Crippen molar-refractivity contribution in [1.29, 1.82) is 5.26 Å². The van der Waals surface area contributed by atoms with Crippen molar-refractivity contribution in [3.05, 3.63) is 28.8 Å². The monoisotopic (exact) mass is 281 g/mol. The molecule has 0 radical (unpaired) electrons. The van der Waals surface area contributed by atoms with Gasteiger partial charge in [-0.25, -0.2) is 0 Å². The molecule has 0 saturated heterocycles. The number of nitrogens with zero attached hydrogens (tertiary/aromatic N) is 1. The molecular formula is C13H16ClN3O2. The molecule has 0 saturated carbocycles. The Balaban J connectivity index is 2.59. The first-order valence-corrected chi connectivity index (χ1v) is 6.19. The van der Waals surface area contributed by atoms with Crippen molar-refractivity contribution in [3.63, 3.8) is 0 Å². The molecule has 0 aliphatic heterocycles. The lowest BCUT2D eigenvalue weighted by Gasteiger charge is -2.16. The van der Waals surface area contributed by atoms with E-state index >= 15 is 0 Å². The molecule has 19 heavy (non-hydrogen) atoms. The van der Waals surface area contributed by atoms with E-state index in [4.69, 9.17) is 21.6 Å². The standard InChI is InChI=1S/C13H16ClN3O2/c1-9(13(18)16-5-6-19-2)17-12-4-3-10(8-15)7-11(12)14/h3-4,7,9,17H,5-6H2,1-2H3,(H,16,18). The Morgan fingerprint density at radius 3 is 2.89 bits per heavy atom. The molecule has 5 nitrogen and oxygen atoms in total. The van der Waals surface area contributed by atoms with E-state index in [9.17, 15) is 4.79 Å². The molecular weight excluding hydrogens is 266 g/mol. The van der Waals surface area contributed by atoms with Gasteiger partial charge in [-0.15, -0.1) is 0 Å². The summed E-state index contributed by atoms with van der Waals surface area (Å²) in [7, 11) is 1.57. The van der Waals surface area contributed by atoms with Gasteiger partial charge in [-0.05, 0) is 25.1 Å². The minimum Gasteiger partial charge on any atom is -0.383 e. The van der Waals surface area contributed by atoms with Gasteiger partial charge in [0.15, 0.2) is 0 Å². The summed E-state index contributed by atoms with van der Waals surface area (Å²) in [4.78, 5) is 11.7. The van der Waals surface area contributed by atoms with E-state index in [2.05, 4.69) is 10.6 Å². The average molecular weight is 282 g/mol. The summed E-state index contributed by atoms with van der Waals surface area (Å²) >= 11 is 6.02. The van der Waals surface area contributed by atoms with Gasteiger partial charge in [0.25, 0.3) is 0 Å². The Morgan fingerprint density at radius 1 is 1.58 bits per heavy atom. The van der Waals surface area contributed by atoms with E-state index in [-0.39, 0.29) is 5.91 Å². The van der Waals surface area contributed by atoms with Crippen LogP contribution in [0.15, 0.2) is 18.2 Å². The number of hydrogen-bond acceptors (Lipinski definition) is 4. The number of carbonyl (C=O) groups is 1. The fraction of sp³-hybridized carbons (Fsp3) is 0.385. The van der Waals surface area contributed by atoms with Crippen LogP contribution in [0.25, 0.3) is 0 Å². The Kier molecular flexibility index (Phi) is 6.13. The molecule has 1 amide bonds. The summed E-state index contributed by atoms with van der Waals surface area (Å²) in [6, 6.07) is 6.45. The molecule has 1 aromatic carbocycles. The topological polar surface area (TPSA) is 74.2 Å². The number of rotatable bonds is 6. The van der Waals surface area contributed by atoms with Gasteiger partial charge in [-0.2, -0.15) is 5.26 Å². The van der Waals surface area contributed by atoms with Crippen LogP contribution in [0, 0.1) is 11.3 Å². The Labute approximate surface area is 117 Å². The van der Waals surface area contributed by atoms with Crippen LogP contribution in [-0.4, -0.2) is 32.2 Å². The van der Waals surface area contributed by atoms with Crippen LogP contribution in [0.4, 0.5) is 5.69 Å². The Morgan fingerprint density at radius 2 is 2.32 bits per heavy atom. The molecule has 0 aliphatic rings. The highest BCUT2D eigenvalue weighted by Gasteiger charge is 2.13. The Bertz CT molecular complexity index is 485. The summed E-state index contributed by atoms with van der Waals surface area (Å²) in [5, 5.41) is 14.9. The van der Waals surface area contributed by atoms with Gasteiger partial charge in [0.2, 0.25) is 5.91 Å². The fourth-order valence-electron chi connectivity index (χ4n) is 1.43. The highest BCUT2D eigenvalue weighted by Crippen LogP contribution is 2.23. The zero-order valence-corrected chi connectivity index (χ0v) is 11.6. The third-order valence-corrected chi connectivity index (χ3v) is 2.78. The zero-order valence-electron chi connectivity index (χ0n) is 10.9. The van der Waals surface area contributed by atoms with E-state index in [1.165, 1.54) is 0 Å². The second kappa shape index (κ2) is 7.62. The van der Waals surface area contributed by atoms with Crippen LogP contribution in [0.5, 0.6) is 0 Å². The van der Waals surface area contributed by atoms with E-state index in [1.54, 1.807) is 32.2 Å². The number of benzene rings is 1. The normalized spacial score (nSPS) is 11.5. The zero-order chi connectivity index (χ0) is 14.3. The molecule has 0 aromatic heterocycles. The van der Waals surface area contributed by atoms with Gasteiger partial charge < -0.3 is 15.4 Å². The maximum Gasteiger partial charge on any atom is 0.242 e. The quantitative estimate of drug-likeness (QED) is 0.780. The molecule has 1 rings (SSSR count). The van der Waals surface area contributed by atoms with Gasteiger partial charge in [0.1, 0.15) is 6.04 Å².